The van der Waals surface area contributed by atoms with E-state index in [2.05, 4.69) is 11.2 Å². The van der Waals surface area contributed by atoms with E-state index < -0.39 is 5.97 Å². The van der Waals surface area contributed by atoms with Crippen LogP contribution in [0.3, 0.4) is 0 Å². The van der Waals surface area contributed by atoms with Gasteiger partial charge in [-0.15, -0.1) is 0 Å². The van der Waals surface area contributed by atoms with Crippen LogP contribution in [0.15, 0.2) is 0 Å². The van der Waals surface area contributed by atoms with Crippen molar-refractivity contribution in [1.29, 1.82) is 5.26 Å². The minimum absolute atomic E-state index is 0.0350. The van der Waals surface area contributed by atoms with Gasteiger partial charge in [0.05, 0.1) is 12.1 Å². The topological polar surface area (TPSA) is 82.2 Å². The molecular formula is C12H18N4O2. The molecule has 0 saturated heterocycles. The third-order valence-electron chi connectivity index (χ3n) is 2.77. The highest BCUT2D eigenvalue weighted by molar-refractivity contribution is 5.68. The lowest BCUT2D eigenvalue weighted by Crippen LogP contribution is -2.35. The third-order valence-corrected chi connectivity index (χ3v) is 2.77. The fourth-order valence-electron chi connectivity index (χ4n) is 1.93. The molecule has 1 heterocycles. The van der Waals surface area contributed by atoms with Crippen LogP contribution < -0.4 is 4.90 Å². The second-order valence-corrected chi connectivity index (χ2v) is 4.45. The van der Waals surface area contributed by atoms with Crippen molar-refractivity contribution in [2.24, 2.45) is 7.05 Å². The van der Waals surface area contributed by atoms with E-state index >= 15 is 0 Å². The molecule has 0 unspecified atom stereocenters. The first-order chi connectivity index (χ1) is 8.38. The lowest BCUT2D eigenvalue weighted by molar-refractivity contribution is -0.136. The molecule has 0 saturated carbocycles. The molecule has 6 nitrogen and oxygen atoms in total. The average molecular weight is 250 g/mol. The summed E-state index contributed by atoms with van der Waals surface area (Å²) in [5.41, 5.74) is 1.17. The van der Waals surface area contributed by atoms with Gasteiger partial charge in [0.2, 0.25) is 0 Å². The van der Waals surface area contributed by atoms with Crippen LogP contribution >= 0.6 is 0 Å². The predicted molar refractivity (Wildman–Crippen MR) is 67.4 cm³/mol. The highest BCUT2D eigenvalue weighted by Gasteiger charge is 2.21. The fraction of sp³-hybridized carbons (Fsp3) is 0.583. The Kier molecular flexibility index (Phi) is 4.32. The number of aryl methyl sites for hydroxylation is 2. The van der Waals surface area contributed by atoms with E-state index in [1.807, 2.05) is 18.7 Å². The van der Waals surface area contributed by atoms with Crippen LogP contribution in [0, 0.1) is 18.3 Å². The molecule has 1 aromatic rings. The van der Waals surface area contributed by atoms with Gasteiger partial charge in [-0.1, -0.05) is 0 Å². The number of aliphatic carboxylic acids is 1. The number of hydrogen-bond donors (Lipinski definition) is 1. The molecule has 0 atom stereocenters. The van der Waals surface area contributed by atoms with Gasteiger partial charge in [0, 0.05) is 19.6 Å². The lowest BCUT2D eigenvalue weighted by atomic mass is 10.2. The van der Waals surface area contributed by atoms with Crippen molar-refractivity contribution >= 4 is 11.8 Å². The molecule has 0 bridgehead atoms. The average Bonchev–Trinajstić information content (AvgIpc) is 2.53. The number of nitriles is 1. The van der Waals surface area contributed by atoms with E-state index in [0.29, 0.717) is 23.6 Å². The summed E-state index contributed by atoms with van der Waals surface area (Å²) < 4.78 is 1.63. The molecule has 0 amide bonds. The van der Waals surface area contributed by atoms with Crippen LogP contribution in [0.4, 0.5) is 5.82 Å². The van der Waals surface area contributed by atoms with Crippen LogP contribution in [0.2, 0.25) is 0 Å². The second-order valence-electron chi connectivity index (χ2n) is 4.45. The van der Waals surface area contributed by atoms with Gasteiger partial charge in [0.15, 0.2) is 0 Å². The molecule has 1 rings (SSSR count). The predicted octanol–water partition coefficient (Wildman–Crippen LogP) is 1.29. The first kappa shape index (κ1) is 14.0. The van der Waals surface area contributed by atoms with Gasteiger partial charge < -0.3 is 10.0 Å². The number of carbonyl (C=O) groups is 1. The molecule has 0 aliphatic carbocycles. The smallest absolute Gasteiger partial charge is 0.305 e. The Bertz CT molecular complexity index is 485. The number of rotatable bonds is 5. The molecule has 98 valence electrons. The number of carboxylic acid groups (broad SMARTS) is 1. The number of aromatic nitrogens is 2. The van der Waals surface area contributed by atoms with Crippen LogP contribution in [-0.2, 0) is 11.8 Å². The number of anilines is 1. The van der Waals surface area contributed by atoms with Gasteiger partial charge in [0.1, 0.15) is 17.5 Å². The van der Waals surface area contributed by atoms with Crippen molar-refractivity contribution in [3.63, 3.8) is 0 Å². The Labute approximate surface area is 106 Å². The molecule has 18 heavy (non-hydrogen) atoms. The SMILES string of the molecule is Cc1nn(C)c(N(CCC(=O)O)C(C)C)c1C#N. The van der Waals surface area contributed by atoms with Crippen molar-refractivity contribution in [3.05, 3.63) is 11.3 Å². The summed E-state index contributed by atoms with van der Waals surface area (Å²) in [7, 11) is 1.76. The third kappa shape index (κ3) is 2.80. The van der Waals surface area contributed by atoms with Crippen LogP contribution in [0.5, 0.6) is 0 Å². The summed E-state index contributed by atoms with van der Waals surface area (Å²) in [6, 6.07) is 2.24. The summed E-state index contributed by atoms with van der Waals surface area (Å²) in [5, 5.41) is 22.2. The standard InChI is InChI=1S/C12H18N4O2/c1-8(2)16(6-5-11(17)18)12-10(7-13)9(3)14-15(12)4/h8H,5-6H2,1-4H3,(H,17,18). The lowest BCUT2D eigenvalue weighted by Gasteiger charge is -2.28. The Morgan fingerprint density at radius 1 is 1.61 bits per heavy atom. The van der Waals surface area contributed by atoms with Gasteiger partial charge in [0.25, 0.3) is 0 Å². The number of hydrogen-bond acceptors (Lipinski definition) is 4. The summed E-state index contributed by atoms with van der Waals surface area (Å²) in [5.74, 6) is -0.163. The molecule has 0 spiro atoms. The van der Waals surface area contributed by atoms with E-state index in [9.17, 15) is 10.1 Å². The minimum Gasteiger partial charge on any atom is -0.481 e. The quantitative estimate of drug-likeness (QED) is 0.851. The monoisotopic (exact) mass is 250 g/mol. The molecule has 0 aromatic carbocycles. The summed E-state index contributed by atoms with van der Waals surface area (Å²) in [6.45, 7) is 6.06. The largest absolute Gasteiger partial charge is 0.481 e. The second kappa shape index (κ2) is 5.54. The Hall–Kier alpha value is -2.03. The van der Waals surface area contributed by atoms with Crippen LogP contribution in [0.25, 0.3) is 0 Å². The number of nitrogens with zero attached hydrogens (tertiary/aromatic N) is 4. The zero-order valence-corrected chi connectivity index (χ0v) is 11.1. The van der Waals surface area contributed by atoms with E-state index in [1.165, 1.54) is 0 Å². The van der Waals surface area contributed by atoms with E-state index in [-0.39, 0.29) is 12.5 Å². The number of carboxylic acids is 1. The molecule has 1 aromatic heterocycles. The molecule has 0 aliphatic heterocycles. The summed E-state index contributed by atoms with van der Waals surface area (Å²) in [6.07, 6.45) is 0.0350. The normalized spacial score (nSPS) is 10.4. The Balaban J connectivity index is 3.14. The van der Waals surface area contributed by atoms with E-state index in [1.54, 1.807) is 18.7 Å². The van der Waals surface area contributed by atoms with E-state index in [4.69, 9.17) is 5.11 Å². The van der Waals surface area contributed by atoms with Crippen molar-refractivity contribution < 1.29 is 9.90 Å². The van der Waals surface area contributed by atoms with Gasteiger partial charge in [-0.3, -0.25) is 9.48 Å². The zero-order valence-electron chi connectivity index (χ0n) is 11.1. The van der Waals surface area contributed by atoms with E-state index in [0.717, 1.165) is 0 Å². The minimum atomic E-state index is -0.849. The highest BCUT2D eigenvalue weighted by Crippen LogP contribution is 2.24. The maximum atomic E-state index is 10.7. The van der Waals surface area contributed by atoms with Gasteiger partial charge in [-0.2, -0.15) is 10.4 Å². The molecule has 6 heteroatoms. The van der Waals surface area contributed by atoms with Crippen molar-refractivity contribution in [3.8, 4) is 6.07 Å². The Morgan fingerprint density at radius 2 is 2.22 bits per heavy atom. The maximum Gasteiger partial charge on any atom is 0.305 e. The Morgan fingerprint density at radius 3 is 2.67 bits per heavy atom. The highest BCUT2D eigenvalue weighted by atomic mass is 16.4. The van der Waals surface area contributed by atoms with Gasteiger partial charge >= 0.3 is 5.97 Å². The first-order valence-electron chi connectivity index (χ1n) is 5.80. The maximum absolute atomic E-state index is 10.7. The summed E-state index contributed by atoms with van der Waals surface area (Å²) in [4.78, 5) is 12.6. The molecule has 1 N–H and O–H groups in total. The summed E-state index contributed by atoms with van der Waals surface area (Å²) >= 11 is 0. The van der Waals surface area contributed by atoms with Crippen LogP contribution in [0.1, 0.15) is 31.5 Å². The van der Waals surface area contributed by atoms with Crippen LogP contribution in [-0.4, -0.2) is 33.4 Å². The molecule has 0 radical (unpaired) electrons. The first-order valence-corrected chi connectivity index (χ1v) is 5.80. The molecular weight excluding hydrogens is 232 g/mol. The van der Waals surface area contributed by atoms with Crippen molar-refractivity contribution in [2.75, 3.05) is 11.4 Å². The zero-order chi connectivity index (χ0) is 13.9. The molecule has 0 aliphatic rings. The van der Waals surface area contributed by atoms with Crippen molar-refractivity contribution in [1.82, 2.24) is 9.78 Å². The fourth-order valence-corrected chi connectivity index (χ4v) is 1.93. The van der Waals surface area contributed by atoms with Crippen molar-refractivity contribution in [2.45, 2.75) is 33.2 Å². The van der Waals surface area contributed by atoms with Gasteiger partial charge in [-0.25, -0.2) is 0 Å². The van der Waals surface area contributed by atoms with Gasteiger partial charge in [-0.05, 0) is 20.8 Å². The molecule has 0 fully saturated rings.